The smallest absolute Gasteiger partial charge is 0.169 e. The van der Waals surface area contributed by atoms with Crippen LogP contribution in [0, 0.1) is 0 Å². The summed E-state index contributed by atoms with van der Waals surface area (Å²) in [6, 6.07) is 8.15. The summed E-state index contributed by atoms with van der Waals surface area (Å²) in [5.74, 6) is 1.02. The van der Waals surface area contributed by atoms with Crippen LogP contribution in [0.15, 0.2) is 30.6 Å². The molecule has 1 aliphatic rings. The van der Waals surface area contributed by atoms with Gasteiger partial charge in [0.15, 0.2) is 5.11 Å². The second kappa shape index (κ2) is 6.22. The standard InChI is InChI=1S/C15H19N5S/c1-2-16-15(21)20-9-7-19(8-10-20)14-12-5-3-4-6-13(12)17-11-18-14/h3-6,11H,2,7-10H2,1H3,(H,16,21). The zero-order valence-corrected chi connectivity index (χ0v) is 12.9. The molecule has 2 heterocycles. The third-order valence-electron chi connectivity index (χ3n) is 3.72. The monoisotopic (exact) mass is 301 g/mol. The molecule has 1 fully saturated rings. The van der Waals surface area contributed by atoms with E-state index in [1.54, 1.807) is 6.33 Å². The summed E-state index contributed by atoms with van der Waals surface area (Å²) >= 11 is 5.38. The summed E-state index contributed by atoms with van der Waals surface area (Å²) in [4.78, 5) is 13.3. The van der Waals surface area contributed by atoms with Crippen molar-refractivity contribution in [3.8, 4) is 0 Å². The number of rotatable bonds is 2. The minimum Gasteiger partial charge on any atom is -0.363 e. The Morgan fingerprint density at radius 3 is 2.71 bits per heavy atom. The van der Waals surface area contributed by atoms with Crippen LogP contribution in [-0.4, -0.2) is 52.7 Å². The van der Waals surface area contributed by atoms with Gasteiger partial charge < -0.3 is 15.1 Å². The van der Waals surface area contributed by atoms with Crippen molar-refractivity contribution in [2.75, 3.05) is 37.6 Å². The van der Waals surface area contributed by atoms with Crippen LogP contribution >= 0.6 is 12.2 Å². The highest BCUT2D eigenvalue weighted by Crippen LogP contribution is 2.23. The van der Waals surface area contributed by atoms with E-state index in [0.29, 0.717) is 0 Å². The van der Waals surface area contributed by atoms with E-state index in [1.807, 2.05) is 18.2 Å². The SMILES string of the molecule is CCNC(=S)N1CCN(c2ncnc3ccccc23)CC1. The van der Waals surface area contributed by atoms with Gasteiger partial charge in [-0.05, 0) is 31.3 Å². The number of thiocarbonyl (C=S) groups is 1. The molecule has 1 aromatic carbocycles. The Bertz CT molecular complexity index is 632. The van der Waals surface area contributed by atoms with Crippen LogP contribution in [-0.2, 0) is 0 Å². The van der Waals surface area contributed by atoms with Crippen LogP contribution < -0.4 is 10.2 Å². The summed E-state index contributed by atoms with van der Waals surface area (Å²) < 4.78 is 0. The van der Waals surface area contributed by atoms with Crippen molar-refractivity contribution >= 4 is 34.1 Å². The molecule has 0 amide bonds. The summed E-state index contributed by atoms with van der Waals surface area (Å²) in [5.41, 5.74) is 0.994. The molecular weight excluding hydrogens is 282 g/mol. The highest BCUT2D eigenvalue weighted by atomic mass is 32.1. The molecule has 1 aliphatic heterocycles. The molecule has 0 radical (unpaired) electrons. The number of anilines is 1. The van der Waals surface area contributed by atoms with Crippen molar-refractivity contribution in [2.24, 2.45) is 0 Å². The van der Waals surface area contributed by atoms with E-state index >= 15 is 0 Å². The van der Waals surface area contributed by atoms with Gasteiger partial charge in [-0.15, -0.1) is 0 Å². The number of aromatic nitrogens is 2. The Labute approximate surface area is 130 Å². The fraction of sp³-hybridized carbons (Fsp3) is 0.400. The van der Waals surface area contributed by atoms with Crippen molar-refractivity contribution in [3.05, 3.63) is 30.6 Å². The Balaban J connectivity index is 1.76. The predicted octanol–water partition coefficient (Wildman–Crippen LogP) is 1.65. The number of nitrogens with one attached hydrogen (secondary N) is 1. The van der Waals surface area contributed by atoms with Gasteiger partial charge >= 0.3 is 0 Å². The highest BCUT2D eigenvalue weighted by Gasteiger charge is 2.20. The molecule has 5 nitrogen and oxygen atoms in total. The molecule has 1 saturated heterocycles. The van der Waals surface area contributed by atoms with Gasteiger partial charge in [-0.3, -0.25) is 0 Å². The highest BCUT2D eigenvalue weighted by molar-refractivity contribution is 7.80. The first-order chi connectivity index (χ1) is 10.3. The topological polar surface area (TPSA) is 44.3 Å². The molecule has 1 aromatic heterocycles. The first-order valence-corrected chi connectivity index (χ1v) is 7.68. The van der Waals surface area contributed by atoms with Gasteiger partial charge in [0.1, 0.15) is 12.1 Å². The lowest BCUT2D eigenvalue weighted by Gasteiger charge is -2.37. The first kappa shape index (κ1) is 14.0. The average molecular weight is 301 g/mol. The quantitative estimate of drug-likeness (QED) is 0.851. The second-order valence-corrected chi connectivity index (χ2v) is 5.41. The fourth-order valence-electron chi connectivity index (χ4n) is 2.63. The van der Waals surface area contributed by atoms with Crippen molar-refractivity contribution in [1.82, 2.24) is 20.2 Å². The van der Waals surface area contributed by atoms with Crippen LogP contribution in [0.25, 0.3) is 10.9 Å². The molecular formula is C15H19N5S. The third-order valence-corrected chi connectivity index (χ3v) is 4.12. The van der Waals surface area contributed by atoms with Gasteiger partial charge in [-0.25, -0.2) is 9.97 Å². The number of para-hydroxylation sites is 1. The lowest BCUT2D eigenvalue weighted by Crippen LogP contribution is -2.52. The largest absolute Gasteiger partial charge is 0.363 e. The van der Waals surface area contributed by atoms with Crippen molar-refractivity contribution in [2.45, 2.75) is 6.92 Å². The number of piperazine rings is 1. The van der Waals surface area contributed by atoms with Crippen molar-refractivity contribution in [3.63, 3.8) is 0 Å². The molecule has 0 saturated carbocycles. The maximum absolute atomic E-state index is 5.38. The maximum atomic E-state index is 5.38. The lowest BCUT2D eigenvalue weighted by atomic mass is 10.2. The average Bonchev–Trinajstić information content (AvgIpc) is 2.55. The molecule has 21 heavy (non-hydrogen) atoms. The number of fused-ring (bicyclic) bond motifs is 1. The van der Waals surface area contributed by atoms with Crippen LogP contribution in [0.2, 0.25) is 0 Å². The van der Waals surface area contributed by atoms with Crippen LogP contribution in [0.4, 0.5) is 5.82 Å². The molecule has 3 rings (SSSR count). The zero-order chi connectivity index (χ0) is 14.7. The minimum atomic E-state index is 0.852. The maximum Gasteiger partial charge on any atom is 0.169 e. The molecule has 0 aliphatic carbocycles. The molecule has 0 bridgehead atoms. The van der Waals surface area contributed by atoms with E-state index in [-0.39, 0.29) is 0 Å². The molecule has 0 spiro atoms. The predicted molar refractivity (Wildman–Crippen MR) is 89.6 cm³/mol. The molecule has 2 aromatic rings. The van der Waals surface area contributed by atoms with Crippen molar-refractivity contribution in [1.29, 1.82) is 0 Å². The Morgan fingerprint density at radius 1 is 1.19 bits per heavy atom. The molecule has 6 heteroatoms. The lowest BCUT2D eigenvalue weighted by molar-refractivity contribution is 0.380. The van der Waals surface area contributed by atoms with E-state index in [2.05, 4.69) is 38.1 Å². The molecule has 1 N–H and O–H groups in total. The van der Waals surface area contributed by atoms with Crippen LogP contribution in [0.1, 0.15) is 6.92 Å². The number of hydrogen-bond acceptors (Lipinski definition) is 4. The van der Waals surface area contributed by atoms with E-state index in [4.69, 9.17) is 12.2 Å². The minimum absolute atomic E-state index is 0.852. The fourth-order valence-corrected chi connectivity index (χ4v) is 2.95. The summed E-state index contributed by atoms with van der Waals surface area (Å²) in [6.45, 7) is 6.62. The van der Waals surface area contributed by atoms with Crippen molar-refractivity contribution < 1.29 is 0 Å². The van der Waals surface area contributed by atoms with Gasteiger partial charge in [0, 0.05) is 38.1 Å². The number of nitrogens with zero attached hydrogens (tertiary/aromatic N) is 4. The van der Waals surface area contributed by atoms with Crippen LogP contribution in [0.3, 0.4) is 0 Å². The number of hydrogen-bond donors (Lipinski definition) is 1. The van der Waals surface area contributed by atoms with Crippen LogP contribution in [0.5, 0.6) is 0 Å². The molecule has 0 atom stereocenters. The molecule has 0 unspecified atom stereocenters. The normalized spacial score (nSPS) is 15.3. The Hall–Kier alpha value is -1.95. The molecule has 110 valence electrons. The van der Waals surface area contributed by atoms with E-state index in [0.717, 1.165) is 54.6 Å². The summed E-state index contributed by atoms with van der Waals surface area (Å²) in [5, 5.41) is 5.18. The van der Waals surface area contributed by atoms with E-state index in [9.17, 15) is 0 Å². The van der Waals surface area contributed by atoms with Gasteiger partial charge in [0.05, 0.1) is 5.52 Å². The first-order valence-electron chi connectivity index (χ1n) is 7.27. The van der Waals surface area contributed by atoms with E-state index in [1.165, 1.54) is 0 Å². The van der Waals surface area contributed by atoms with E-state index < -0.39 is 0 Å². The van der Waals surface area contributed by atoms with Gasteiger partial charge in [-0.1, -0.05) is 12.1 Å². The second-order valence-electron chi connectivity index (χ2n) is 5.02. The Morgan fingerprint density at radius 2 is 1.95 bits per heavy atom. The Kier molecular flexibility index (Phi) is 4.15. The van der Waals surface area contributed by atoms with Gasteiger partial charge in [0.25, 0.3) is 0 Å². The number of benzene rings is 1. The summed E-state index contributed by atoms with van der Waals surface area (Å²) in [7, 11) is 0. The van der Waals surface area contributed by atoms with Gasteiger partial charge in [-0.2, -0.15) is 0 Å². The van der Waals surface area contributed by atoms with Gasteiger partial charge in [0.2, 0.25) is 0 Å². The summed E-state index contributed by atoms with van der Waals surface area (Å²) in [6.07, 6.45) is 1.65. The third kappa shape index (κ3) is 2.90. The zero-order valence-electron chi connectivity index (χ0n) is 12.1.